The lowest BCUT2D eigenvalue weighted by Crippen LogP contribution is -2.34. The molecule has 132 valence electrons. The van der Waals surface area contributed by atoms with Crippen molar-refractivity contribution in [2.75, 3.05) is 13.7 Å². The molecule has 2 aromatic rings. The molecular weight excluding hydrogens is 352 g/mol. The Kier molecular flexibility index (Phi) is 5.67. The normalized spacial score (nSPS) is 10.9. The number of hydrogen-bond donors (Lipinski definition) is 2. The molecule has 2 rings (SSSR count). The third kappa shape index (κ3) is 4.75. The quantitative estimate of drug-likeness (QED) is 0.703. The predicted octanol–water partition coefficient (Wildman–Crippen LogP) is 0.301. The molecule has 1 heterocycles. The van der Waals surface area contributed by atoms with Crippen LogP contribution in [-0.2, 0) is 19.6 Å². The SMILES string of the molecule is CNS(=O)(=O)c1cccc(C(=O)OCC(=O)NC(=O)c2ccco2)c1. The summed E-state index contributed by atoms with van der Waals surface area (Å²) in [7, 11) is -2.48. The second-order valence-electron chi connectivity index (χ2n) is 4.67. The Morgan fingerprint density at radius 3 is 2.56 bits per heavy atom. The molecule has 1 aromatic heterocycles. The smallest absolute Gasteiger partial charge is 0.338 e. The van der Waals surface area contributed by atoms with Crippen molar-refractivity contribution in [3.8, 4) is 0 Å². The Labute approximate surface area is 143 Å². The topological polar surface area (TPSA) is 132 Å². The monoisotopic (exact) mass is 366 g/mol. The average molecular weight is 366 g/mol. The van der Waals surface area contributed by atoms with Crippen LogP contribution in [0.1, 0.15) is 20.9 Å². The fraction of sp³-hybridized carbons (Fsp3) is 0.133. The number of rotatable bonds is 6. The third-order valence-corrected chi connectivity index (χ3v) is 4.39. The van der Waals surface area contributed by atoms with E-state index in [1.807, 2.05) is 5.32 Å². The van der Waals surface area contributed by atoms with Gasteiger partial charge in [-0.3, -0.25) is 14.9 Å². The number of nitrogens with one attached hydrogen (secondary N) is 2. The van der Waals surface area contributed by atoms with Gasteiger partial charge in [-0.05, 0) is 37.4 Å². The molecule has 0 bridgehead atoms. The zero-order valence-electron chi connectivity index (χ0n) is 13.0. The number of amides is 2. The molecule has 2 N–H and O–H groups in total. The minimum Gasteiger partial charge on any atom is -0.459 e. The van der Waals surface area contributed by atoms with Gasteiger partial charge in [-0.15, -0.1) is 0 Å². The molecule has 25 heavy (non-hydrogen) atoms. The third-order valence-electron chi connectivity index (χ3n) is 2.98. The molecule has 10 heteroatoms. The first kappa shape index (κ1) is 18.4. The van der Waals surface area contributed by atoms with Crippen molar-refractivity contribution in [1.29, 1.82) is 0 Å². The zero-order valence-corrected chi connectivity index (χ0v) is 13.8. The molecule has 0 saturated heterocycles. The van der Waals surface area contributed by atoms with Gasteiger partial charge in [0.2, 0.25) is 10.0 Å². The van der Waals surface area contributed by atoms with E-state index < -0.39 is 34.4 Å². The number of hydrogen-bond acceptors (Lipinski definition) is 7. The van der Waals surface area contributed by atoms with E-state index in [-0.39, 0.29) is 16.2 Å². The zero-order chi connectivity index (χ0) is 18.4. The van der Waals surface area contributed by atoms with E-state index in [9.17, 15) is 22.8 Å². The van der Waals surface area contributed by atoms with Crippen molar-refractivity contribution < 1.29 is 32.0 Å². The average Bonchev–Trinajstić information content (AvgIpc) is 3.14. The number of furan rings is 1. The van der Waals surface area contributed by atoms with Crippen LogP contribution in [0.15, 0.2) is 52.0 Å². The summed E-state index contributed by atoms with van der Waals surface area (Å²) in [6.45, 7) is -0.714. The molecule has 0 unspecified atom stereocenters. The minimum absolute atomic E-state index is 0.0542. The molecule has 1 aromatic carbocycles. The molecule has 0 aliphatic carbocycles. The van der Waals surface area contributed by atoms with Crippen molar-refractivity contribution in [1.82, 2.24) is 10.0 Å². The van der Waals surface area contributed by atoms with Gasteiger partial charge < -0.3 is 9.15 Å². The lowest BCUT2D eigenvalue weighted by atomic mass is 10.2. The Balaban J connectivity index is 1.95. The highest BCUT2D eigenvalue weighted by atomic mass is 32.2. The van der Waals surface area contributed by atoms with Crippen LogP contribution in [0.5, 0.6) is 0 Å². The number of imide groups is 1. The Morgan fingerprint density at radius 1 is 1.16 bits per heavy atom. The summed E-state index contributed by atoms with van der Waals surface area (Å²) in [4.78, 5) is 35.0. The molecule has 0 aliphatic heterocycles. The molecule has 0 saturated carbocycles. The predicted molar refractivity (Wildman–Crippen MR) is 84.2 cm³/mol. The maximum atomic E-state index is 11.9. The van der Waals surface area contributed by atoms with Crippen LogP contribution in [-0.4, -0.2) is 39.9 Å². The van der Waals surface area contributed by atoms with E-state index in [2.05, 4.69) is 4.72 Å². The highest BCUT2D eigenvalue weighted by Gasteiger charge is 2.17. The van der Waals surface area contributed by atoms with Gasteiger partial charge in [0.1, 0.15) is 0 Å². The summed E-state index contributed by atoms with van der Waals surface area (Å²) in [5, 5.41) is 1.98. The highest BCUT2D eigenvalue weighted by Crippen LogP contribution is 2.12. The van der Waals surface area contributed by atoms with Gasteiger partial charge in [0.05, 0.1) is 16.7 Å². The number of carbonyl (C=O) groups excluding carboxylic acids is 3. The first-order chi connectivity index (χ1) is 11.8. The van der Waals surface area contributed by atoms with E-state index >= 15 is 0 Å². The summed E-state index contributed by atoms with van der Waals surface area (Å²) in [6, 6.07) is 7.95. The second kappa shape index (κ2) is 7.73. The maximum absolute atomic E-state index is 11.9. The Hall–Kier alpha value is -2.98. The van der Waals surface area contributed by atoms with Crippen LogP contribution in [0.2, 0.25) is 0 Å². The first-order valence-electron chi connectivity index (χ1n) is 6.92. The maximum Gasteiger partial charge on any atom is 0.338 e. The molecule has 0 aliphatic rings. The Bertz CT molecular complexity index is 888. The lowest BCUT2D eigenvalue weighted by Gasteiger charge is -2.07. The van der Waals surface area contributed by atoms with E-state index in [1.54, 1.807) is 0 Å². The van der Waals surface area contributed by atoms with Gasteiger partial charge in [0.15, 0.2) is 12.4 Å². The van der Waals surface area contributed by atoms with Gasteiger partial charge in [0, 0.05) is 0 Å². The largest absolute Gasteiger partial charge is 0.459 e. The fourth-order valence-corrected chi connectivity index (χ4v) is 2.53. The van der Waals surface area contributed by atoms with Crippen LogP contribution in [0.3, 0.4) is 0 Å². The van der Waals surface area contributed by atoms with Crippen LogP contribution in [0.4, 0.5) is 0 Å². The van der Waals surface area contributed by atoms with Crippen molar-refractivity contribution >= 4 is 27.8 Å². The van der Waals surface area contributed by atoms with E-state index in [0.29, 0.717) is 0 Å². The van der Waals surface area contributed by atoms with Gasteiger partial charge in [-0.2, -0.15) is 0 Å². The van der Waals surface area contributed by atoms with Gasteiger partial charge in [0.25, 0.3) is 11.8 Å². The van der Waals surface area contributed by atoms with Gasteiger partial charge in [-0.25, -0.2) is 17.9 Å². The molecule has 0 spiro atoms. The number of ether oxygens (including phenoxy) is 1. The first-order valence-corrected chi connectivity index (χ1v) is 8.40. The highest BCUT2D eigenvalue weighted by molar-refractivity contribution is 7.89. The molecule has 0 atom stereocenters. The molecular formula is C15H14N2O7S. The number of carbonyl (C=O) groups is 3. The van der Waals surface area contributed by atoms with E-state index in [4.69, 9.17) is 9.15 Å². The molecule has 0 radical (unpaired) electrons. The van der Waals surface area contributed by atoms with E-state index in [1.165, 1.54) is 43.6 Å². The summed E-state index contributed by atoms with van der Waals surface area (Å²) in [5.74, 6) is -2.60. The lowest BCUT2D eigenvalue weighted by molar-refractivity contribution is -0.123. The van der Waals surface area contributed by atoms with Crippen LogP contribution in [0, 0.1) is 0 Å². The number of sulfonamides is 1. The van der Waals surface area contributed by atoms with Crippen molar-refractivity contribution in [2.24, 2.45) is 0 Å². The molecule has 2 amide bonds. The minimum atomic E-state index is -3.72. The second-order valence-corrected chi connectivity index (χ2v) is 6.55. The number of benzene rings is 1. The molecule has 0 fully saturated rings. The molecule has 9 nitrogen and oxygen atoms in total. The van der Waals surface area contributed by atoms with Gasteiger partial charge in [-0.1, -0.05) is 6.07 Å². The van der Waals surface area contributed by atoms with E-state index in [0.717, 1.165) is 6.07 Å². The summed E-state index contributed by atoms with van der Waals surface area (Å²) in [5.41, 5.74) is -0.0542. The Morgan fingerprint density at radius 2 is 1.92 bits per heavy atom. The van der Waals surface area contributed by atoms with Crippen molar-refractivity contribution in [3.05, 3.63) is 54.0 Å². The summed E-state index contributed by atoms with van der Waals surface area (Å²) >= 11 is 0. The van der Waals surface area contributed by atoms with Gasteiger partial charge >= 0.3 is 5.97 Å². The van der Waals surface area contributed by atoms with Crippen molar-refractivity contribution in [3.63, 3.8) is 0 Å². The summed E-state index contributed by atoms with van der Waals surface area (Å²) in [6.07, 6.45) is 1.27. The standard InChI is InChI=1S/C15H14N2O7S/c1-16-25(21,22)11-5-2-4-10(8-11)15(20)24-9-13(18)17-14(19)12-6-3-7-23-12/h2-8,16H,9H2,1H3,(H,17,18,19). The fourth-order valence-electron chi connectivity index (χ4n) is 1.75. The number of esters is 1. The summed E-state index contributed by atoms with van der Waals surface area (Å²) < 4.78 is 35.1. The van der Waals surface area contributed by atoms with Crippen LogP contribution < -0.4 is 10.0 Å². The van der Waals surface area contributed by atoms with Crippen molar-refractivity contribution in [2.45, 2.75) is 4.90 Å². The van der Waals surface area contributed by atoms with Crippen LogP contribution >= 0.6 is 0 Å². The van der Waals surface area contributed by atoms with Crippen LogP contribution in [0.25, 0.3) is 0 Å².